The zero-order chi connectivity index (χ0) is 18.8. The summed E-state index contributed by atoms with van der Waals surface area (Å²) in [4.78, 5) is 0. The Bertz CT molecular complexity index is 263. The molecule has 0 aliphatic carbocycles. The van der Waals surface area contributed by atoms with Crippen LogP contribution in [0.3, 0.4) is 0 Å². The molecule has 0 spiro atoms. The molecule has 0 aliphatic heterocycles. The Hall–Kier alpha value is 0.394. The van der Waals surface area contributed by atoms with E-state index in [9.17, 15) is 0 Å². The fourth-order valence-corrected chi connectivity index (χ4v) is 9.81. The predicted octanol–water partition coefficient (Wildman–Crippen LogP) is 8.45. The fraction of sp³-hybridized carbons (Fsp3) is 1.00. The van der Waals surface area contributed by atoms with Crippen LogP contribution >= 0.6 is 0 Å². The summed E-state index contributed by atoms with van der Waals surface area (Å²) >= 11 is 0. The molecule has 0 radical (unpaired) electrons. The van der Waals surface area contributed by atoms with Gasteiger partial charge < -0.3 is 4.12 Å². The first-order valence-electron chi connectivity index (χ1n) is 11.6. The standard InChI is InChI=1S/C22H50OSi2/c1-6-7-8-9-10-11-12-13-14-15-16-17-18-19-20-21-22-24(2)23-25(3,4)5/h24H,6-22H2,1-5H3. The van der Waals surface area contributed by atoms with Crippen LogP contribution in [0.1, 0.15) is 110 Å². The molecule has 0 saturated heterocycles. The highest BCUT2D eigenvalue weighted by molar-refractivity contribution is 6.77. The van der Waals surface area contributed by atoms with E-state index in [2.05, 4.69) is 33.1 Å². The van der Waals surface area contributed by atoms with Crippen molar-refractivity contribution in [3.63, 3.8) is 0 Å². The van der Waals surface area contributed by atoms with Crippen molar-refractivity contribution in [2.24, 2.45) is 0 Å². The molecule has 0 aromatic heterocycles. The monoisotopic (exact) mass is 386 g/mol. The molecule has 0 amide bonds. The van der Waals surface area contributed by atoms with Crippen LogP contribution in [0.15, 0.2) is 0 Å². The van der Waals surface area contributed by atoms with E-state index < -0.39 is 17.4 Å². The fourth-order valence-electron chi connectivity index (χ4n) is 3.64. The SMILES string of the molecule is CCCCCCCCCCCCCCCCCC[SiH](C)O[Si](C)(C)C. The van der Waals surface area contributed by atoms with Crippen LogP contribution in [0.25, 0.3) is 0 Å². The van der Waals surface area contributed by atoms with Crippen molar-refractivity contribution in [3.8, 4) is 0 Å². The lowest BCUT2D eigenvalue weighted by atomic mass is 10.0. The van der Waals surface area contributed by atoms with Crippen LogP contribution in [0.2, 0.25) is 32.2 Å². The average Bonchev–Trinajstić information content (AvgIpc) is 2.53. The molecular weight excluding hydrogens is 336 g/mol. The van der Waals surface area contributed by atoms with Crippen molar-refractivity contribution >= 4 is 17.4 Å². The van der Waals surface area contributed by atoms with Gasteiger partial charge in [-0.15, -0.1) is 0 Å². The second-order valence-electron chi connectivity index (χ2n) is 9.13. The lowest BCUT2D eigenvalue weighted by Gasteiger charge is -2.22. The molecule has 0 aliphatic rings. The molecule has 0 heterocycles. The zero-order valence-corrected chi connectivity index (χ0v) is 20.7. The van der Waals surface area contributed by atoms with Gasteiger partial charge in [-0.25, -0.2) is 0 Å². The molecule has 3 heteroatoms. The van der Waals surface area contributed by atoms with E-state index in [-0.39, 0.29) is 0 Å². The van der Waals surface area contributed by atoms with Gasteiger partial charge in [-0.1, -0.05) is 110 Å². The topological polar surface area (TPSA) is 9.23 Å². The van der Waals surface area contributed by atoms with Gasteiger partial charge in [-0.2, -0.15) is 0 Å². The van der Waals surface area contributed by atoms with E-state index in [4.69, 9.17) is 4.12 Å². The third kappa shape index (κ3) is 22.4. The van der Waals surface area contributed by atoms with Crippen molar-refractivity contribution in [3.05, 3.63) is 0 Å². The summed E-state index contributed by atoms with van der Waals surface area (Å²) in [6, 6.07) is 1.39. The van der Waals surface area contributed by atoms with Crippen LogP contribution < -0.4 is 0 Å². The third-order valence-electron chi connectivity index (χ3n) is 5.02. The molecule has 0 N–H and O–H groups in total. The molecule has 0 saturated carbocycles. The van der Waals surface area contributed by atoms with E-state index in [0.29, 0.717) is 0 Å². The highest BCUT2D eigenvalue weighted by atomic mass is 28.4. The van der Waals surface area contributed by atoms with Gasteiger partial charge in [0, 0.05) is 0 Å². The van der Waals surface area contributed by atoms with Crippen LogP contribution in [0.4, 0.5) is 0 Å². The maximum absolute atomic E-state index is 6.24. The first-order valence-corrected chi connectivity index (χ1v) is 17.5. The number of unbranched alkanes of at least 4 members (excludes halogenated alkanes) is 15. The Balaban J connectivity index is 3.12. The Morgan fingerprint density at radius 1 is 0.560 bits per heavy atom. The summed E-state index contributed by atoms with van der Waals surface area (Å²) in [6.45, 7) is 11.7. The molecule has 0 aromatic rings. The Labute approximate surface area is 163 Å². The first-order chi connectivity index (χ1) is 12.0. The number of hydrogen-bond acceptors (Lipinski definition) is 1. The molecule has 0 aromatic carbocycles. The van der Waals surface area contributed by atoms with Gasteiger partial charge in [0.25, 0.3) is 0 Å². The minimum absolute atomic E-state index is 0.858. The van der Waals surface area contributed by atoms with Gasteiger partial charge in [0.1, 0.15) is 0 Å². The lowest BCUT2D eigenvalue weighted by Crippen LogP contribution is -2.32. The Kier molecular flexibility index (Phi) is 18.1. The van der Waals surface area contributed by atoms with Gasteiger partial charge in [-0.3, -0.25) is 0 Å². The van der Waals surface area contributed by atoms with Crippen molar-refractivity contribution in [1.82, 2.24) is 0 Å². The molecule has 1 unspecified atom stereocenters. The van der Waals surface area contributed by atoms with E-state index >= 15 is 0 Å². The Morgan fingerprint density at radius 2 is 0.880 bits per heavy atom. The summed E-state index contributed by atoms with van der Waals surface area (Å²) in [5.41, 5.74) is 0. The smallest absolute Gasteiger partial charge is 0.170 e. The first kappa shape index (κ1) is 25.4. The molecule has 1 atom stereocenters. The minimum Gasteiger partial charge on any atom is -0.458 e. The molecule has 0 bridgehead atoms. The summed E-state index contributed by atoms with van der Waals surface area (Å²) in [5.74, 6) is 0. The molecule has 1 nitrogen and oxygen atoms in total. The van der Waals surface area contributed by atoms with Crippen molar-refractivity contribution in [2.45, 2.75) is 142 Å². The van der Waals surface area contributed by atoms with E-state index in [1.165, 1.54) is 109 Å². The zero-order valence-electron chi connectivity index (χ0n) is 18.5. The van der Waals surface area contributed by atoms with E-state index in [0.717, 1.165) is 0 Å². The number of hydrogen-bond donors (Lipinski definition) is 0. The van der Waals surface area contributed by atoms with Gasteiger partial charge in [0.05, 0.1) is 0 Å². The largest absolute Gasteiger partial charge is 0.458 e. The maximum atomic E-state index is 6.24. The summed E-state index contributed by atoms with van der Waals surface area (Å²) in [5, 5.41) is 0. The molecule has 25 heavy (non-hydrogen) atoms. The molecule has 0 fully saturated rings. The Morgan fingerprint density at radius 3 is 1.20 bits per heavy atom. The summed E-state index contributed by atoms with van der Waals surface area (Å²) < 4.78 is 6.24. The highest BCUT2D eigenvalue weighted by Gasteiger charge is 2.18. The van der Waals surface area contributed by atoms with Gasteiger partial charge in [0.2, 0.25) is 0 Å². The lowest BCUT2D eigenvalue weighted by molar-refractivity contribution is 0.528. The van der Waals surface area contributed by atoms with Crippen LogP contribution in [-0.4, -0.2) is 17.4 Å². The van der Waals surface area contributed by atoms with Gasteiger partial charge in [-0.05, 0) is 32.2 Å². The second kappa shape index (κ2) is 17.8. The van der Waals surface area contributed by atoms with Gasteiger partial charge in [0.15, 0.2) is 17.4 Å². The van der Waals surface area contributed by atoms with E-state index in [1.54, 1.807) is 0 Å². The number of rotatable bonds is 19. The predicted molar refractivity (Wildman–Crippen MR) is 122 cm³/mol. The summed E-state index contributed by atoms with van der Waals surface area (Å²) in [7, 11) is -2.13. The minimum atomic E-state index is -1.27. The maximum Gasteiger partial charge on any atom is 0.170 e. The highest BCUT2D eigenvalue weighted by Crippen LogP contribution is 2.15. The van der Waals surface area contributed by atoms with Crippen LogP contribution in [0.5, 0.6) is 0 Å². The van der Waals surface area contributed by atoms with Crippen molar-refractivity contribution in [2.75, 3.05) is 0 Å². The van der Waals surface area contributed by atoms with Crippen molar-refractivity contribution in [1.29, 1.82) is 0 Å². The molecule has 0 rings (SSSR count). The summed E-state index contributed by atoms with van der Waals surface area (Å²) in [6.07, 6.45) is 23.3. The van der Waals surface area contributed by atoms with Gasteiger partial charge >= 0.3 is 0 Å². The van der Waals surface area contributed by atoms with Crippen LogP contribution in [0, 0.1) is 0 Å². The molecular formula is C22H50OSi2. The molecule has 152 valence electrons. The average molecular weight is 387 g/mol. The third-order valence-corrected chi connectivity index (χ3v) is 10.7. The quantitative estimate of drug-likeness (QED) is 0.160. The van der Waals surface area contributed by atoms with E-state index in [1.807, 2.05) is 0 Å². The normalized spacial score (nSPS) is 13.3. The van der Waals surface area contributed by atoms with Crippen molar-refractivity contribution < 1.29 is 4.12 Å². The van der Waals surface area contributed by atoms with Crippen LogP contribution in [-0.2, 0) is 4.12 Å². The second-order valence-corrected chi connectivity index (χ2v) is 16.5.